The van der Waals surface area contributed by atoms with E-state index in [4.69, 9.17) is 4.42 Å². The molecule has 7 nitrogen and oxygen atoms in total. The first-order valence-electron chi connectivity index (χ1n) is 7.50. The molecule has 0 saturated heterocycles. The summed E-state index contributed by atoms with van der Waals surface area (Å²) in [6.07, 6.45) is 4.71. The van der Waals surface area contributed by atoms with Crippen LogP contribution in [0.3, 0.4) is 0 Å². The van der Waals surface area contributed by atoms with Crippen molar-refractivity contribution < 1.29 is 9.21 Å². The minimum absolute atomic E-state index is 0.272. The van der Waals surface area contributed by atoms with E-state index in [9.17, 15) is 4.79 Å². The van der Waals surface area contributed by atoms with Gasteiger partial charge in [-0.3, -0.25) is 9.89 Å². The van der Waals surface area contributed by atoms with Crippen LogP contribution in [0.5, 0.6) is 0 Å². The number of nitrogens with zero attached hydrogens (tertiary/aromatic N) is 3. The van der Waals surface area contributed by atoms with Crippen molar-refractivity contribution in [3.8, 4) is 0 Å². The Hall–Kier alpha value is -3.13. The number of amides is 1. The predicted molar refractivity (Wildman–Crippen MR) is 94.3 cm³/mol. The number of aromatic amines is 1. The number of benzene rings is 1. The van der Waals surface area contributed by atoms with E-state index >= 15 is 0 Å². The smallest absolute Gasteiger partial charge is 0.291 e. The van der Waals surface area contributed by atoms with Crippen LogP contribution < -0.4 is 5.32 Å². The zero-order chi connectivity index (χ0) is 17.1. The number of hydrogen-bond donors (Lipinski definition) is 2. The third kappa shape index (κ3) is 3.38. The van der Waals surface area contributed by atoms with Gasteiger partial charge in [0.05, 0.1) is 17.8 Å². The van der Waals surface area contributed by atoms with E-state index in [0.717, 1.165) is 27.3 Å². The fraction of sp³-hybridized carbons (Fsp3) is 0.0588. The minimum atomic E-state index is -0.272. The van der Waals surface area contributed by atoms with Gasteiger partial charge in [-0.25, -0.2) is 9.97 Å². The predicted octanol–water partition coefficient (Wildman–Crippen LogP) is 3.49. The third-order valence-corrected chi connectivity index (χ3v) is 4.59. The molecular formula is C17H13N5O2S. The standard InChI is InChI=1S/C17H13N5O2S/c23-16(14-5-2-6-24-14)21-12-4-1-3-11(7-12)9-25-17-13-8-20-22-15(13)18-10-19-17/h1-8,10H,9H2,(H,21,23)(H,18,19,20,22). The minimum Gasteiger partial charge on any atom is -0.459 e. The third-order valence-electron chi connectivity index (χ3n) is 3.52. The molecule has 124 valence electrons. The van der Waals surface area contributed by atoms with Gasteiger partial charge in [-0.05, 0) is 29.8 Å². The Morgan fingerprint density at radius 2 is 2.20 bits per heavy atom. The number of thioether (sulfide) groups is 1. The van der Waals surface area contributed by atoms with Crippen LogP contribution in [0, 0.1) is 0 Å². The highest BCUT2D eigenvalue weighted by Crippen LogP contribution is 2.27. The number of nitrogens with one attached hydrogen (secondary N) is 2. The first-order chi connectivity index (χ1) is 12.3. The maximum atomic E-state index is 12.0. The number of aromatic nitrogens is 4. The number of carbonyl (C=O) groups is 1. The maximum Gasteiger partial charge on any atom is 0.291 e. The summed E-state index contributed by atoms with van der Waals surface area (Å²) >= 11 is 1.59. The van der Waals surface area contributed by atoms with E-state index in [1.807, 2.05) is 24.3 Å². The van der Waals surface area contributed by atoms with Crippen LogP contribution in [0.1, 0.15) is 16.1 Å². The van der Waals surface area contributed by atoms with E-state index in [0.29, 0.717) is 5.75 Å². The molecule has 3 heterocycles. The fourth-order valence-corrected chi connectivity index (χ4v) is 3.26. The van der Waals surface area contributed by atoms with Crippen molar-refractivity contribution in [2.24, 2.45) is 0 Å². The molecule has 0 aliphatic heterocycles. The summed E-state index contributed by atoms with van der Waals surface area (Å²) in [5.41, 5.74) is 2.50. The van der Waals surface area contributed by atoms with Gasteiger partial charge in [0.1, 0.15) is 11.4 Å². The lowest BCUT2D eigenvalue weighted by Crippen LogP contribution is -2.10. The quantitative estimate of drug-likeness (QED) is 0.422. The molecule has 2 N–H and O–H groups in total. The van der Waals surface area contributed by atoms with Crippen molar-refractivity contribution in [1.29, 1.82) is 0 Å². The second-order valence-electron chi connectivity index (χ2n) is 5.23. The van der Waals surface area contributed by atoms with Crippen LogP contribution >= 0.6 is 11.8 Å². The number of fused-ring (bicyclic) bond motifs is 1. The summed E-state index contributed by atoms with van der Waals surface area (Å²) in [6, 6.07) is 11.0. The van der Waals surface area contributed by atoms with Crippen molar-refractivity contribution in [2.75, 3.05) is 5.32 Å². The Balaban J connectivity index is 1.46. The van der Waals surface area contributed by atoms with Crippen LogP contribution in [-0.2, 0) is 5.75 Å². The van der Waals surface area contributed by atoms with Gasteiger partial charge in [0.2, 0.25) is 0 Å². The van der Waals surface area contributed by atoms with Gasteiger partial charge in [-0.15, -0.1) is 11.8 Å². The second-order valence-corrected chi connectivity index (χ2v) is 6.20. The molecule has 4 aromatic rings. The number of H-pyrrole nitrogens is 1. The molecule has 0 aliphatic rings. The first-order valence-corrected chi connectivity index (χ1v) is 8.49. The molecular weight excluding hydrogens is 338 g/mol. The highest BCUT2D eigenvalue weighted by molar-refractivity contribution is 7.98. The molecule has 0 atom stereocenters. The Morgan fingerprint density at radius 3 is 3.08 bits per heavy atom. The van der Waals surface area contributed by atoms with Crippen molar-refractivity contribution in [2.45, 2.75) is 10.8 Å². The molecule has 25 heavy (non-hydrogen) atoms. The summed E-state index contributed by atoms with van der Waals surface area (Å²) in [6.45, 7) is 0. The van der Waals surface area contributed by atoms with Crippen LogP contribution in [0.25, 0.3) is 11.0 Å². The SMILES string of the molecule is O=C(Nc1cccc(CSc2ncnc3[nH]ncc23)c1)c1ccco1. The number of rotatable bonds is 5. The molecule has 0 radical (unpaired) electrons. The van der Waals surface area contributed by atoms with Gasteiger partial charge in [-0.1, -0.05) is 12.1 Å². The Kier molecular flexibility index (Phi) is 4.17. The van der Waals surface area contributed by atoms with Crippen LogP contribution in [0.2, 0.25) is 0 Å². The highest BCUT2D eigenvalue weighted by Gasteiger charge is 2.10. The van der Waals surface area contributed by atoms with Gasteiger partial charge in [-0.2, -0.15) is 5.10 Å². The lowest BCUT2D eigenvalue weighted by molar-refractivity contribution is 0.0996. The Bertz CT molecular complexity index is 1010. The number of hydrogen-bond acceptors (Lipinski definition) is 6. The van der Waals surface area contributed by atoms with Gasteiger partial charge in [0.25, 0.3) is 5.91 Å². The zero-order valence-corrected chi connectivity index (χ0v) is 13.8. The van der Waals surface area contributed by atoms with Crippen molar-refractivity contribution in [1.82, 2.24) is 20.2 Å². The monoisotopic (exact) mass is 351 g/mol. The van der Waals surface area contributed by atoms with E-state index in [1.165, 1.54) is 12.6 Å². The second kappa shape index (κ2) is 6.78. The van der Waals surface area contributed by atoms with E-state index in [1.54, 1.807) is 30.1 Å². The normalized spacial score (nSPS) is 10.9. The maximum absolute atomic E-state index is 12.0. The van der Waals surface area contributed by atoms with E-state index in [-0.39, 0.29) is 11.7 Å². The summed E-state index contributed by atoms with van der Waals surface area (Å²) in [5.74, 6) is 0.718. The van der Waals surface area contributed by atoms with Crippen molar-refractivity contribution in [3.05, 3.63) is 66.5 Å². The topological polar surface area (TPSA) is 96.7 Å². The van der Waals surface area contributed by atoms with Gasteiger partial charge < -0.3 is 9.73 Å². The average Bonchev–Trinajstić information content (AvgIpc) is 3.31. The van der Waals surface area contributed by atoms with Gasteiger partial charge in [0, 0.05) is 11.4 Å². The van der Waals surface area contributed by atoms with Gasteiger partial charge >= 0.3 is 0 Å². The number of furan rings is 1. The molecule has 8 heteroatoms. The summed E-state index contributed by atoms with van der Waals surface area (Å²) < 4.78 is 5.10. The van der Waals surface area contributed by atoms with Crippen LogP contribution in [0.15, 0.2) is 64.6 Å². The molecule has 0 aliphatic carbocycles. The summed E-state index contributed by atoms with van der Waals surface area (Å²) in [5, 5.41) is 11.4. The molecule has 0 unspecified atom stereocenters. The van der Waals surface area contributed by atoms with Crippen molar-refractivity contribution >= 4 is 34.4 Å². The Morgan fingerprint density at radius 1 is 1.24 bits per heavy atom. The van der Waals surface area contributed by atoms with Crippen molar-refractivity contribution in [3.63, 3.8) is 0 Å². The Labute approximate surface area is 146 Å². The molecule has 0 spiro atoms. The number of carbonyl (C=O) groups excluding carboxylic acids is 1. The highest BCUT2D eigenvalue weighted by atomic mass is 32.2. The molecule has 0 bridgehead atoms. The lowest BCUT2D eigenvalue weighted by atomic mass is 10.2. The van der Waals surface area contributed by atoms with Crippen LogP contribution in [0.4, 0.5) is 5.69 Å². The molecule has 3 aromatic heterocycles. The van der Waals surface area contributed by atoms with Gasteiger partial charge in [0.15, 0.2) is 11.4 Å². The summed E-state index contributed by atoms with van der Waals surface area (Å²) in [7, 11) is 0. The fourth-order valence-electron chi connectivity index (χ4n) is 2.35. The molecule has 0 saturated carbocycles. The molecule has 1 amide bonds. The zero-order valence-electron chi connectivity index (χ0n) is 13.0. The van der Waals surface area contributed by atoms with E-state index < -0.39 is 0 Å². The lowest BCUT2D eigenvalue weighted by Gasteiger charge is -2.06. The molecule has 1 aromatic carbocycles. The molecule has 4 rings (SSSR count). The first kappa shape index (κ1) is 15.4. The van der Waals surface area contributed by atoms with E-state index in [2.05, 4.69) is 25.5 Å². The average molecular weight is 351 g/mol. The van der Waals surface area contributed by atoms with Crippen LogP contribution in [-0.4, -0.2) is 26.1 Å². The summed E-state index contributed by atoms with van der Waals surface area (Å²) in [4.78, 5) is 20.5. The largest absolute Gasteiger partial charge is 0.459 e. The number of anilines is 1. The molecule has 0 fully saturated rings.